The SMILES string of the molecule is CC1(C)CCCc2cc(-c3csc(N4CCN(CCCCCO)CC4)n3)ccc21. The molecular formula is C24H35N3OS. The molecule has 1 fully saturated rings. The van der Waals surface area contributed by atoms with Crippen molar-refractivity contribution >= 4 is 16.5 Å². The number of aryl methyl sites for hydroxylation is 1. The summed E-state index contributed by atoms with van der Waals surface area (Å²) in [5.74, 6) is 0. The summed E-state index contributed by atoms with van der Waals surface area (Å²) in [5.41, 5.74) is 5.74. The standard InChI is InChI=1S/C24H35N3OS/c1-24(2)10-6-7-19-17-20(8-9-21(19)24)22-18-29-23(25-22)27-14-12-26(13-15-27)11-4-3-5-16-28/h8-9,17-18,28H,3-7,10-16H2,1-2H3. The van der Waals surface area contributed by atoms with E-state index in [1.54, 1.807) is 11.3 Å². The molecule has 1 aliphatic heterocycles. The molecule has 2 aromatic rings. The largest absolute Gasteiger partial charge is 0.396 e. The van der Waals surface area contributed by atoms with E-state index in [0.717, 1.165) is 56.4 Å². The van der Waals surface area contributed by atoms with Gasteiger partial charge in [-0.1, -0.05) is 26.0 Å². The van der Waals surface area contributed by atoms with Crippen molar-refractivity contribution in [3.63, 3.8) is 0 Å². The van der Waals surface area contributed by atoms with Gasteiger partial charge in [0.25, 0.3) is 0 Å². The van der Waals surface area contributed by atoms with Crippen LogP contribution in [0.25, 0.3) is 11.3 Å². The van der Waals surface area contributed by atoms with E-state index >= 15 is 0 Å². The Bertz CT molecular complexity index is 808. The molecule has 29 heavy (non-hydrogen) atoms. The zero-order chi connectivity index (χ0) is 20.3. The lowest BCUT2D eigenvalue weighted by molar-refractivity contribution is 0.242. The van der Waals surface area contributed by atoms with E-state index < -0.39 is 0 Å². The third-order valence-corrected chi connectivity index (χ3v) is 7.55. The van der Waals surface area contributed by atoms with Crippen LogP contribution >= 0.6 is 11.3 Å². The number of hydrogen-bond donors (Lipinski definition) is 1. The lowest BCUT2D eigenvalue weighted by Crippen LogP contribution is -2.46. The van der Waals surface area contributed by atoms with Gasteiger partial charge in [0, 0.05) is 43.7 Å². The molecule has 158 valence electrons. The second-order valence-electron chi connectivity index (χ2n) is 9.24. The fourth-order valence-corrected chi connectivity index (χ4v) is 5.69. The minimum absolute atomic E-state index is 0.303. The average Bonchev–Trinajstić information content (AvgIpc) is 3.21. The topological polar surface area (TPSA) is 39.6 Å². The van der Waals surface area contributed by atoms with Gasteiger partial charge < -0.3 is 10.0 Å². The van der Waals surface area contributed by atoms with Crippen molar-refractivity contribution in [3.05, 3.63) is 34.7 Å². The van der Waals surface area contributed by atoms with E-state index in [9.17, 15) is 0 Å². The molecule has 1 aliphatic carbocycles. The lowest BCUT2D eigenvalue weighted by atomic mass is 9.72. The highest BCUT2D eigenvalue weighted by Crippen LogP contribution is 2.39. The predicted molar refractivity (Wildman–Crippen MR) is 123 cm³/mol. The van der Waals surface area contributed by atoms with Gasteiger partial charge in [-0.3, -0.25) is 4.90 Å². The molecule has 1 N–H and O–H groups in total. The molecule has 0 atom stereocenters. The van der Waals surface area contributed by atoms with Crippen LogP contribution in [0.15, 0.2) is 23.6 Å². The Labute approximate surface area is 179 Å². The summed E-state index contributed by atoms with van der Waals surface area (Å²) >= 11 is 1.78. The van der Waals surface area contributed by atoms with Crippen LogP contribution in [-0.4, -0.2) is 54.3 Å². The Morgan fingerprint density at radius 2 is 1.93 bits per heavy atom. The molecule has 2 aliphatic rings. The Kier molecular flexibility index (Phi) is 6.57. The zero-order valence-corrected chi connectivity index (χ0v) is 18.8. The van der Waals surface area contributed by atoms with E-state index in [-0.39, 0.29) is 0 Å². The van der Waals surface area contributed by atoms with Crippen LogP contribution in [0, 0.1) is 0 Å². The number of fused-ring (bicyclic) bond motifs is 1. The Hall–Kier alpha value is -1.43. The number of piperazine rings is 1. The normalized spacial score (nSPS) is 19.3. The van der Waals surface area contributed by atoms with E-state index in [1.165, 1.54) is 42.4 Å². The summed E-state index contributed by atoms with van der Waals surface area (Å²) in [6.45, 7) is 10.6. The van der Waals surface area contributed by atoms with Crippen molar-refractivity contribution in [2.45, 2.75) is 57.8 Å². The molecule has 0 saturated carbocycles. The molecule has 2 heterocycles. The summed E-state index contributed by atoms with van der Waals surface area (Å²) in [5, 5.41) is 12.3. The molecule has 0 amide bonds. The smallest absolute Gasteiger partial charge is 0.185 e. The van der Waals surface area contributed by atoms with E-state index in [4.69, 9.17) is 10.1 Å². The molecule has 0 bridgehead atoms. The maximum atomic E-state index is 8.90. The van der Waals surface area contributed by atoms with Gasteiger partial charge in [0.15, 0.2) is 5.13 Å². The quantitative estimate of drug-likeness (QED) is 0.668. The van der Waals surface area contributed by atoms with Gasteiger partial charge in [0.2, 0.25) is 0 Å². The Morgan fingerprint density at radius 1 is 1.10 bits per heavy atom. The van der Waals surface area contributed by atoms with E-state index in [0.29, 0.717) is 12.0 Å². The molecule has 1 aromatic carbocycles. The minimum atomic E-state index is 0.303. The van der Waals surface area contributed by atoms with Crippen LogP contribution in [0.4, 0.5) is 5.13 Å². The highest BCUT2D eigenvalue weighted by atomic mass is 32.1. The first-order valence-corrected chi connectivity index (χ1v) is 12.1. The maximum absolute atomic E-state index is 8.90. The fourth-order valence-electron chi connectivity index (χ4n) is 4.80. The van der Waals surface area contributed by atoms with Gasteiger partial charge in [-0.2, -0.15) is 0 Å². The lowest BCUT2D eigenvalue weighted by Gasteiger charge is -2.34. The molecule has 4 nitrogen and oxygen atoms in total. The fraction of sp³-hybridized carbons (Fsp3) is 0.625. The first-order valence-electron chi connectivity index (χ1n) is 11.2. The molecule has 5 heteroatoms. The second kappa shape index (κ2) is 9.15. The highest BCUT2D eigenvalue weighted by Gasteiger charge is 2.27. The highest BCUT2D eigenvalue weighted by molar-refractivity contribution is 7.14. The van der Waals surface area contributed by atoms with Crippen molar-refractivity contribution in [3.8, 4) is 11.3 Å². The predicted octanol–water partition coefficient (Wildman–Crippen LogP) is 4.71. The summed E-state index contributed by atoms with van der Waals surface area (Å²) in [6.07, 6.45) is 7.02. The van der Waals surface area contributed by atoms with Gasteiger partial charge in [-0.25, -0.2) is 4.98 Å². The van der Waals surface area contributed by atoms with Crippen LogP contribution in [0.1, 0.15) is 57.1 Å². The molecular weight excluding hydrogens is 378 g/mol. The van der Waals surface area contributed by atoms with Crippen LogP contribution in [0.2, 0.25) is 0 Å². The summed E-state index contributed by atoms with van der Waals surface area (Å²) < 4.78 is 0. The second-order valence-corrected chi connectivity index (χ2v) is 10.1. The van der Waals surface area contributed by atoms with Crippen LogP contribution in [-0.2, 0) is 11.8 Å². The number of aliphatic hydroxyl groups is 1. The maximum Gasteiger partial charge on any atom is 0.185 e. The van der Waals surface area contributed by atoms with Gasteiger partial charge in [0.05, 0.1) is 5.69 Å². The molecule has 0 radical (unpaired) electrons. The van der Waals surface area contributed by atoms with E-state index in [2.05, 4.69) is 47.2 Å². The number of nitrogens with zero attached hydrogens (tertiary/aromatic N) is 3. The van der Waals surface area contributed by atoms with E-state index in [1.807, 2.05) is 0 Å². The first-order chi connectivity index (χ1) is 14.1. The Morgan fingerprint density at radius 3 is 2.72 bits per heavy atom. The number of benzene rings is 1. The first kappa shape index (κ1) is 20.8. The van der Waals surface area contributed by atoms with Crippen LogP contribution < -0.4 is 4.90 Å². The molecule has 0 spiro atoms. The van der Waals surface area contributed by atoms with Crippen LogP contribution in [0.3, 0.4) is 0 Å². The number of unbranched alkanes of at least 4 members (excludes halogenated alkanes) is 2. The molecule has 4 rings (SSSR count). The number of aromatic nitrogens is 1. The van der Waals surface area contributed by atoms with Crippen molar-refractivity contribution < 1.29 is 5.11 Å². The third-order valence-electron chi connectivity index (χ3n) is 6.65. The summed E-state index contributed by atoms with van der Waals surface area (Å²) in [6, 6.07) is 7.01. The van der Waals surface area contributed by atoms with Crippen molar-refractivity contribution in [1.82, 2.24) is 9.88 Å². The van der Waals surface area contributed by atoms with Crippen molar-refractivity contribution in [1.29, 1.82) is 0 Å². The zero-order valence-electron chi connectivity index (χ0n) is 18.0. The number of anilines is 1. The average molecular weight is 414 g/mol. The number of rotatable bonds is 7. The summed E-state index contributed by atoms with van der Waals surface area (Å²) in [7, 11) is 0. The number of thiazole rings is 1. The van der Waals surface area contributed by atoms with Gasteiger partial charge >= 0.3 is 0 Å². The van der Waals surface area contributed by atoms with Gasteiger partial charge in [-0.05, 0) is 67.7 Å². The van der Waals surface area contributed by atoms with Crippen molar-refractivity contribution in [2.24, 2.45) is 0 Å². The Balaban J connectivity index is 1.37. The van der Waals surface area contributed by atoms with Crippen molar-refractivity contribution in [2.75, 3.05) is 44.2 Å². The van der Waals surface area contributed by atoms with Gasteiger partial charge in [-0.15, -0.1) is 11.3 Å². The van der Waals surface area contributed by atoms with Gasteiger partial charge in [0.1, 0.15) is 0 Å². The number of hydrogen-bond acceptors (Lipinski definition) is 5. The number of aliphatic hydroxyl groups excluding tert-OH is 1. The molecule has 0 unspecified atom stereocenters. The molecule has 1 aromatic heterocycles. The monoisotopic (exact) mass is 413 g/mol. The summed E-state index contributed by atoms with van der Waals surface area (Å²) in [4.78, 5) is 9.99. The third kappa shape index (κ3) is 4.84. The molecule has 1 saturated heterocycles. The minimum Gasteiger partial charge on any atom is -0.396 e. The van der Waals surface area contributed by atoms with Crippen LogP contribution in [0.5, 0.6) is 0 Å².